The zero-order valence-corrected chi connectivity index (χ0v) is 17.7. The van der Waals surface area contributed by atoms with Crippen LogP contribution in [0.2, 0.25) is 0 Å². The van der Waals surface area contributed by atoms with E-state index in [2.05, 4.69) is 15.5 Å². The molecule has 5 rings (SSSR count). The molecule has 3 aromatic carbocycles. The summed E-state index contributed by atoms with van der Waals surface area (Å²) in [5, 5.41) is 29.6. The maximum absolute atomic E-state index is 12.6. The van der Waals surface area contributed by atoms with Gasteiger partial charge in [0.2, 0.25) is 0 Å². The van der Waals surface area contributed by atoms with E-state index >= 15 is 0 Å². The number of ether oxygens (including phenoxy) is 2. The van der Waals surface area contributed by atoms with Gasteiger partial charge >= 0.3 is 5.97 Å². The van der Waals surface area contributed by atoms with Crippen LogP contribution in [0.3, 0.4) is 0 Å². The maximum Gasteiger partial charge on any atom is 0.311 e. The van der Waals surface area contributed by atoms with Crippen LogP contribution in [0.5, 0.6) is 17.2 Å². The Labute approximate surface area is 193 Å². The molecule has 1 unspecified atom stereocenters. The van der Waals surface area contributed by atoms with Crippen LogP contribution in [0.15, 0.2) is 60.8 Å². The van der Waals surface area contributed by atoms with Gasteiger partial charge in [0.05, 0.1) is 29.8 Å². The lowest BCUT2D eigenvalue weighted by molar-refractivity contribution is -0.139. The number of H-pyrrole nitrogens is 1. The zero-order valence-electron chi connectivity index (χ0n) is 17.7. The molecular formula is C25H18N4O5. The molecule has 9 nitrogen and oxygen atoms in total. The van der Waals surface area contributed by atoms with E-state index < -0.39 is 11.9 Å². The number of fused-ring (bicyclic) bond motifs is 2. The summed E-state index contributed by atoms with van der Waals surface area (Å²) < 4.78 is 11.5. The largest absolute Gasteiger partial charge is 0.493 e. The van der Waals surface area contributed by atoms with Crippen LogP contribution in [0.4, 0.5) is 5.69 Å². The Morgan fingerprint density at radius 2 is 2.00 bits per heavy atom. The molecule has 0 saturated carbocycles. The number of nitrogens with one attached hydrogen (secondary N) is 2. The van der Waals surface area contributed by atoms with Crippen molar-refractivity contribution in [2.24, 2.45) is 0 Å². The lowest BCUT2D eigenvalue weighted by Crippen LogP contribution is -2.21. The molecule has 9 heteroatoms. The first-order chi connectivity index (χ1) is 16.5. The minimum Gasteiger partial charge on any atom is -0.493 e. The third-order valence-electron chi connectivity index (χ3n) is 5.61. The topological polar surface area (TPSA) is 137 Å². The van der Waals surface area contributed by atoms with Crippen molar-refractivity contribution in [3.63, 3.8) is 0 Å². The van der Waals surface area contributed by atoms with E-state index in [0.717, 1.165) is 10.9 Å². The number of aromatic amines is 1. The van der Waals surface area contributed by atoms with E-state index in [1.165, 1.54) is 12.1 Å². The molecule has 1 aliphatic heterocycles. The van der Waals surface area contributed by atoms with Crippen LogP contribution in [0.1, 0.15) is 33.8 Å². The molecule has 0 fully saturated rings. The molecule has 168 valence electrons. The molecule has 1 atom stereocenters. The molecule has 2 heterocycles. The minimum absolute atomic E-state index is 0.201. The Kier molecular flexibility index (Phi) is 5.32. The molecule has 0 bridgehead atoms. The number of carboxylic acid groups (broad SMARTS) is 1. The Morgan fingerprint density at radius 3 is 2.76 bits per heavy atom. The summed E-state index contributed by atoms with van der Waals surface area (Å²) in [5.74, 6) is -0.916. The summed E-state index contributed by atoms with van der Waals surface area (Å²) in [5.41, 5.74) is 2.61. The number of anilines is 1. The highest BCUT2D eigenvalue weighted by molar-refractivity contribution is 6.05. The van der Waals surface area contributed by atoms with E-state index in [1.807, 2.05) is 18.2 Å². The summed E-state index contributed by atoms with van der Waals surface area (Å²) in [6.07, 6.45) is 2.02. The number of hydrogen-bond acceptors (Lipinski definition) is 6. The molecule has 0 spiro atoms. The molecule has 1 aromatic heterocycles. The van der Waals surface area contributed by atoms with Crippen molar-refractivity contribution in [1.29, 1.82) is 5.26 Å². The number of nitriles is 1. The molecule has 0 aliphatic carbocycles. The summed E-state index contributed by atoms with van der Waals surface area (Å²) in [4.78, 5) is 24.2. The van der Waals surface area contributed by atoms with Crippen molar-refractivity contribution in [3.05, 3.63) is 77.5 Å². The lowest BCUT2D eigenvalue weighted by atomic mass is 9.91. The van der Waals surface area contributed by atoms with Crippen LogP contribution in [0.25, 0.3) is 10.9 Å². The Bertz CT molecular complexity index is 1450. The maximum atomic E-state index is 12.6. The van der Waals surface area contributed by atoms with Gasteiger partial charge in [-0.05, 0) is 55.0 Å². The number of rotatable bonds is 5. The first-order valence-corrected chi connectivity index (χ1v) is 10.5. The van der Waals surface area contributed by atoms with E-state index in [1.54, 1.807) is 36.5 Å². The van der Waals surface area contributed by atoms with Crippen LogP contribution in [0, 0.1) is 11.3 Å². The second kappa shape index (κ2) is 8.60. The highest BCUT2D eigenvalue weighted by Gasteiger charge is 2.29. The Morgan fingerprint density at radius 1 is 1.18 bits per heavy atom. The van der Waals surface area contributed by atoms with Gasteiger partial charge in [0, 0.05) is 28.3 Å². The first-order valence-electron chi connectivity index (χ1n) is 10.5. The molecule has 34 heavy (non-hydrogen) atoms. The SMILES string of the molecule is N#Cc1cc2c(cc1Oc1ccc(C(=O)Nc3ccc4[nH]ncc4c3)cc1)OCCC2C(=O)O. The average Bonchev–Trinajstić information content (AvgIpc) is 3.31. The minimum atomic E-state index is -0.958. The third kappa shape index (κ3) is 4.00. The first kappa shape index (κ1) is 21.0. The quantitative estimate of drug-likeness (QED) is 0.406. The van der Waals surface area contributed by atoms with Gasteiger partial charge in [-0.1, -0.05) is 0 Å². The molecular weight excluding hydrogens is 436 g/mol. The Balaban J connectivity index is 1.33. The predicted molar refractivity (Wildman–Crippen MR) is 122 cm³/mol. The van der Waals surface area contributed by atoms with Crippen molar-refractivity contribution >= 4 is 28.5 Å². The van der Waals surface area contributed by atoms with Crippen LogP contribution >= 0.6 is 0 Å². The van der Waals surface area contributed by atoms with Gasteiger partial charge in [0.1, 0.15) is 23.3 Å². The summed E-state index contributed by atoms with van der Waals surface area (Å²) >= 11 is 0. The van der Waals surface area contributed by atoms with Crippen molar-refractivity contribution in [1.82, 2.24) is 10.2 Å². The highest BCUT2D eigenvalue weighted by atomic mass is 16.5. The smallest absolute Gasteiger partial charge is 0.311 e. The van der Waals surface area contributed by atoms with Crippen LogP contribution in [-0.2, 0) is 4.79 Å². The highest BCUT2D eigenvalue weighted by Crippen LogP contribution is 2.39. The van der Waals surface area contributed by atoms with Crippen molar-refractivity contribution in [2.75, 3.05) is 11.9 Å². The monoisotopic (exact) mass is 454 g/mol. The molecule has 4 aromatic rings. The summed E-state index contributed by atoms with van der Waals surface area (Å²) in [6.45, 7) is 0.270. The number of carbonyl (C=O) groups is 2. The van der Waals surface area contributed by atoms with Crippen LogP contribution in [-0.4, -0.2) is 33.8 Å². The van der Waals surface area contributed by atoms with Crippen molar-refractivity contribution in [3.8, 4) is 23.3 Å². The van der Waals surface area contributed by atoms with Gasteiger partial charge < -0.3 is 19.9 Å². The number of nitrogens with zero attached hydrogens (tertiary/aromatic N) is 2. The van der Waals surface area contributed by atoms with E-state index in [9.17, 15) is 20.0 Å². The van der Waals surface area contributed by atoms with E-state index in [0.29, 0.717) is 34.7 Å². The third-order valence-corrected chi connectivity index (χ3v) is 5.61. The number of amides is 1. The van der Waals surface area contributed by atoms with Gasteiger partial charge in [0.15, 0.2) is 0 Å². The van der Waals surface area contributed by atoms with E-state index in [4.69, 9.17) is 9.47 Å². The molecule has 0 saturated heterocycles. The van der Waals surface area contributed by atoms with Gasteiger partial charge in [-0.2, -0.15) is 10.4 Å². The van der Waals surface area contributed by atoms with E-state index in [-0.39, 0.29) is 23.8 Å². The molecule has 0 radical (unpaired) electrons. The van der Waals surface area contributed by atoms with Gasteiger partial charge in [-0.3, -0.25) is 14.7 Å². The van der Waals surface area contributed by atoms with Gasteiger partial charge in [0.25, 0.3) is 5.91 Å². The van der Waals surface area contributed by atoms with Gasteiger partial charge in [-0.15, -0.1) is 0 Å². The fourth-order valence-electron chi connectivity index (χ4n) is 3.87. The second-order valence-electron chi connectivity index (χ2n) is 7.78. The molecule has 1 aliphatic rings. The Hall–Kier alpha value is -4.84. The van der Waals surface area contributed by atoms with Crippen LogP contribution < -0.4 is 14.8 Å². The number of hydrogen-bond donors (Lipinski definition) is 3. The number of aliphatic carboxylic acids is 1. The van der Waals surface area contributed by atoms with Gasteiger partial charge in [-0.25, -0.2) is 0 Å². The lowest BCUT2D eigenvalue weighted by Gasteiger charge is -2.24. The number of carbonyl (C=O) groups excluding carboxylic acids is 1. The zero-order chi connectivity index (χ0) is 23.7. The van der Waals surface area contributed by atoms with Crippen molar-refractivity contribution < 1.29 is 24.2 Å². The number of aromatic nitrogens is 2. The fraction of sp³-hybridized carbons (Fsp3) is 0.120. The fourth-order valence-corrected chi connectivity index (χ4v) is 3.87. The molecule has 1 amide bonds. The average molecular weight is 454 g/mol. The number of carboxylic acids is 1. The normalized spacial score (nSPS) is 14.5. The molecule has 3 N–H and O–H groups in total. The number of benzene rings is 3. The predicted octanol–water partition coefficient (Wildman–Crippen LogP) is 4.43. The van der Waals surface area contributed by atoms with Crippen molar-refractivity contribution in [2.45, 2.75) is 12.3 Å². The summed E-state index contributed by atoms with van der Waals surface area (Å²) in [7, 11) is 0. The summed E-state index contributed by atoms with van der Waals surface area (Å²) in [6, 6.07) is 17.0. The standard InChI is InChI=1S/C25H18N4O5/c26-12-15-10-20-19(25(31)32)7-8-33-23(20)11-22(15)34-18-4-1-14(2-5-18)24(30)28-17-3-6-21-16(9-17)13-27-29-21/h1-6,9-11,13,19H,7-8H2,(H,27,29)(H,28,30)(H,31,32). The second-order valence-corrected chi connectivity index (χ2v) is 7.78.